The number of hydrogen-bond acceptors (Lipinski definition) is 5. The van der Waals surface area contributed by atoms with Gasteiger partial charge in [0.2, 0.25) is 12.0 Å². The van der Waals surface area contributed by atoms with Gasteiger partial charge < -0.3 is 9.74 Å². The highest BCUT2D eigenvalue weighted by molar-refractivity contribution is 5.91. The van der Waals surface area contributed by atoms with Gasteiger partial charge in [0, 0.05) is 54.3 Å². The number of halogens is 1. The van der Waals surface area contributed by atoms with E-state index in [1.54, 1.807) is 23.2 Å². The number of aryl methyl sites for hydroxylation is 1. The fourth-order valence-corrected chi connectivity index (χ4v) is 4.21. The summed E-state index contributed by atoms with van der Waals surface area (Å²) in [4.78, 5) is 35.7. The summed E-state index contributed by atoms with van der Waals surface area (Å²) in [6, 6.07) is 11.5. The standard InChI is InChI=1S/C26H22FN7O/c1-16-21-13-18(5-8-23(21)31-15-30-16)22-14-29-25(32-24(22)17-3-6-19(27)7-4-17)33-26(35)34-11-9-20(28-2)10-12-34/h3-8,13-15,20H,9-12H2,1H3,(H,29,32,33,35). The van der Waals surface area contributed by atoms with E-state index in [1.165, 1.54) is 18.5 Å². The molecular formula is C26H22FN7O. The van der Waals surface area contributed by atoms with Gasteiger partial charge in [-0.25, -0.2) is 35.7 Å². The second-order valence-electron chi connectivity index (χ2n) is 8.43. The van der Waals surface area contributed by atoms with E-state index in [4.69, 9.17) is 6.57 Å². The van der Waals surface area contributed by atoms with Crippen molar-refractivity contribution < 1.29 is 9.18 Å². The van der Waals surface area contributed by atoms with E-state index in [2.05, 4.69) is 30.1 Å². The second kappa shape index (κ2) is 9.43. The van der Waals surface area contributed by atoms with Crippen LogP contribution in [0.1, 0.15) is 18.5 Å². The summed E-state index contributed by atoms with van der Waals surface area (Å²) < 4.78 is 13.6. The van der Waals surface area contributed by atoms with E-state index in [-0.39, 0.29) is 23.8 Å². The molecule has 8 nitrogen and oxygen atoms in total. The third-order valence-electron chi connectivity index (χ3n) is 6.20. The van der Waals surface area contributed by atoms with Crippen LogP contribution < -0.4 is 5.32 Å². The first-order valence-corrected chi connectivity index (χ1v) is 11.3. The van der Waals surface area contributed by atoms with Crippen molar-refractivity contribution in [1.82, 2.24) is 24.8 Å². The van der Waals surface area contributed by atoms with Crippen molar-refractivity contribution in [2.45, 2.75) is 25.8 Å². The smallest absolute Gasteiger partial charge is 0.324 e. The van der Waals surface area contributed by atoms with Crippen LogP contribution in [0.5, 0.6) is 0 Å². The number of aromatic nitrogens is 4. The predicted octanol–water partition coefficient (Wildman–Crippen LogP) is 5.12. The van der Waals surface area contributed by atoms with Crippen molar-refractivity contribution in [3.05, 3.63) is 77.9 Å². The van der Waals surface area contributed by atoms with Gasteiger partial charge in [-0.1, -0.05) is 6.07 Å². The molecule has 3 heterocycles. The fraction of sp³-hybridized carbons (Fsp3) is 0.231. The van der Waals surface area contributed by atoms with Crippen LogP contribution in [0.4, 0.5) is 15.1 Å². The van der Waals surface area contributed by atoms with Gasteiger partial charge in [0.15, 0.2) is 0 Å². The summed E-state index contributed by atoms with van der Waals surface area (Å²) in [5, 5.41) is 3.69. The molecule has 0 atom stereocenters. The molecule has 174 valence electrons. The van der Waals surface area contributed by atoms with Crippen LogP contribution in [0.25, 0.3) is 38.1 Å². The number of piperidine rings is 1. The SMILES string of the molecule is [C-]#[N+]C1CCN(C(=O)Nc2ncc(-c3ccc4ncnc(C)c4c3)c(-c3ccc(F)cc3)n2)CC1. The summed E-state index contributed by atoms with van der Waals surface area (Å²) in [5.41, 5.74) is 4.53. The minimum absolute atomic E-state index is 0.0318. The van der Waals surface area contributed by atoms with Gasteiger partial charge in [-0.15, -0.1) is 0 Å². The molecular weight excluding hydrogens is 445 g/mol. The monoisotopic (exact) mass is 467 g/mol. The molecule has 5 rings (SSSR count). The Morgan fingerprint density at radius 3 is 2.57 bits per heavy atom. The summed E-state index contributed by atoms with van der Waals surface area (Å²) in [6.45, 7) is 10.1. The number of anilines is 1. The number of rotatable bonds is 3. The Hall–Kier alpha value is -4.45. The average Bonchev–Trinajstić information content (AvgIpc) is 2.89. The lowest BCUT2D eigenvalue weighted by Gasteiger charge is -2.27. The van der Waals surface area contributed by atoms with E-state index in [9.17, 15) is 9.18 Å². The molecule has 2 aromatic carbocycles. The molecule has 1 fully saturated rings. The molecule has 0 spiro atoms. The van der Waals surface area contributed by atoms with Crippen LogP contribution in [-0.4, -0.2) is 50.0 Å². The largest absolute Gasteiger partial charge is 0.324 e. The van der Waals surface area contributed by atoms with Crippen molar-refractivity contribution in [1.29, 1.82) is 0 Å². The van der Waals surface area contributed by atoms with E-state index in [0.717, 1.165) is 27.7 Å². The van der Waals surface area contributed by atoms with Gasteiger partial charge in [-0.3, -0.25) is 5.32 Å². The van der Waals surface area contributed by atoms with Gasteiger partial charge in [0.25, 0.3) is 0 Å². The zero-order chi connectivity index (χ0) is 24.4. The topological polar surface area (TPSA) is 88.3 Å². The van der Waals surface area contributed by atoms with Crippen LogP contribution in [0, 0.1) is 19.3 Å². The highest BCUT2D eigenvalue weighted by Crippen LogP contribution is 2.33. The van der Waals surface area contributed by atoms with Crippen molar-refractivity contribution in [3.63, 3.8) is 0 Å². The predicted molar refractivity (Wildman–Crippen MR) is 131 cm³/mol. The Kier molecular flexibility index (Phi) is 6.02. The zero-order valence-electron chi connectivity index (χ0n) is 19.1. The number of likely N-dealkylation sites (tertiary alicyclic amines) is 1. The van der Waals surface area contributed by atoms with Crippen LogP contribution in [0.2, 0.25) is 0 Å². The average molecular weight is 468 g/mol. The van der Waals surface area contributed by atoms with E-state index >= 15 is 0 Å². The number of amides is 2. The number of benzene rings is 2. The maximum absolute atomic E-state index is 13.6. The maximum atomic E-state index is 13.6. The van der Waals surface area contributed by atoms with Crippen molar-refractivity contribution in [2.75, 3.05) is 18.4 Å². The second-order valence-corrected chi connectivity index (χ2v) is 8.43. The fourth-order valence-electron chi connectivity index (χ4n) is 4.21. The Morgan fingerprint density at radius 2 is 1.83 bits per heavy atom. The van der Waals surface area contributed by atoms with Crippen molar-refractivity contribution >= 4 is 22.9 Å². The molecule has 0 aliphatic carbocycles. The first kappa shape index (κ1) is 22.3. The minimum Gasteiger partial charge on any atom is -0.324 e. The molecule has 0 bridgehead atoms. The molecule has 0 radical (unpaired) electrons. The highest BCUT2D eigenvalue weighted by atomic mass is 19.1. The Labute approximate surface area is 201 Å². The molecule has 35 heavy (non-hydrogen) atoms. The van der Waals surface area contributed by atoms with Gasteiger partial charge in [-0.2, -0.15) is 0 Å². The number of fused-ring (bicyclic) bond motifs is 1. The number of nitrogens with zero attached hydrogens (tertiary/aromatic N) is 6. The van der Waals surface area contributed by atoms with Crippen LogP contribution >= 0.6 is 0 Å². The van der Waals surface area contributed by atoms with Gasteiger partial charge >= 0.3 is 6.03 Å². The van der Waals surface area contributed by atoms with E-state index in [0.29, 0.717) is 37.2 Å². The zero-order valence-corrected chi connectivity index (χ0v) is 19.1. The molecule has 2 amide bonds. The first-order chi connectivity index (χ1) is 17.0. The van der Waals surface area contributed by atoms with Crippen molar-refractivity contribution in [2.24, 2.45) is 0 Å². The molecule has 1 N–H and O–H groups in total. The van der Waals surface area contributed by atoms with E-state index in [1.807, 2.05) is 25.1 Å². The molecule has 4 aromatic rings. The third kappa shape index (κ3) is 4.64. The lowest BCUT2D eigenvalue weighted by atomic mass is 9.99. The number of carbonyl (C=O) groups excluding carboxylic acids is 1. The Morgan fingerprint density at radius 1 is 1.09 bits per heavy atom. The molecule has 1 aliphatic rings. The molecule has 9 heteroatoms. The lowest BCUT2D eigenvalue weighted by molar-refractivity contribution is 0.198. The third-order valence-corrected chi connectivity index (χ3v) is 6.20. The molecule has 1 aliphatic heterocycles. The summed E-state index contributed by atoms with van der Waals surface area (Å²) in [7, 11) is 0. The van der Waals surface area contributed by atoms with Crippen molar-refractivity contribution in [3.8, 4) is 22.4 Å². The molecule has 1 saturated heterocycles. The Bertz CT molecular complexity index is 1440. The number of urea groups is 1. The lowest BCUT2D eigenvalue weighted by Crippen LogP contribution is -2.42. The van der Waals surface area contributed by atoms with Gasteiger partial charge in [0.1, 0.15) is 12.1 Å². The molecule has 0 unspecified atom stereocenters. The summed E-state index contributed by atoms with van der Waals surface area (Å²) in [6.07, 6.45) is 4.50. The number of nitrogens with one attached hydrogen (secondary N) is 1. The van der Waals surface area contributed by atoms with Crippen LogP contribution in [0.15, 0.2) is 55.0 Å². The van der Waals surface area contributed by atoms with Gasteiger partial charge in [0.05, 0.1) is 11.2 Å². The summed E-state index contributed by atoms with van der Waals surface area (Å²) >= 11 is 0. The van der Waals surface area contributed by atoms with Gasteiger partial charge in [-0.05, 0) is 48.9 Å². The quantitative estimate of drug-likeness (QED) is 0.423. The highest BCUT2D eigenvalue weighted by Gasteiger charge is 2.26. The normalized spacial score (nSPS) is 14.0. The van der Waals surface area contributed by atoms with Crippen LogP contribution in [0.3, 0.4) is 0 Å². The van der Waals surface area contributed by atoms with Crippen LogP contribution in [-0.2, 0) is 0 Å². The minimum atomic E-state index is -0.348. The molecule has 0 saturated carbocycles. The first-order valence-electron chi connectivity index (χ1n) is 11.3. The maximum Gasteiger partial charge on any atom is 0.324 e. The Balaban J connectivity index is 1.51. The molecule has 2 aromatic heterocycles. The number of carbonyl (C=O) groups is 1. The number of hydrogen-bond donors (Lipinski definition) is 1. The summed E-state index contributed by atoms with van der Waals surface area (Å²) in [5.74, 6) is -0.190. The van der Waals surface area contributed by atoms with E-state index < -0.39 is 0 Å².